The highest BCUT2D eigenvalue weighted by Gasteiger charge is 2.35. The lowest BCUT2D eigenvalue weighted by atomic mass is 9.86. The first-order valence-corrected chi connectivity index (χ1v) is 8.19. The lowest BCUT2D eigenvalue weighted by Gasteiger charge is -2.28. The van der Waals surface area contributed by atoms with E-state index < -0.39 is 0 Å². The second-order valence-corrected chi connectivity index (χ2v) is 7.15. The van der Waals surface area contributed by atoms with Crippen LogP contribution in [0.4, 0.5) is 0 Å². The first-order chi connectivity index (χ1) is 9.26. The van der Waals surface area contributed by atoms with Gasteiger partial charge in [-0.15, -0.1) is 11.8 Å². The fourth-order valence-electron chi connectivity index (χ4n) is 2.97. The van der Waals surface area contributed by atoms with Gasteiger partial charge in [-0.05, 0) is 43.4 Å². The summed E-state index contributed by atoms with van der Waals surface area (Å²) in [5.74, 6) is 0.698. The number of benzene rings is 1. The van der Waals surface area contributed by atoms with E-state index in [1.165, 1.54) is 29.9 Å². The zero-order valence-corrected chi connectivity index (χ0v) is 12.5. The molecule has 102 valence electrons. The molecule has 3 atom stereocenters. The number of aliphatic imine (C=N–C) groups is 1. The van der Waals surface area contributed by atoms with Crippen molar-refractivity contribution in [1.82, 2.24) is 0 Å². The Morgan fingerprint density at radius 2 is 2.16 bits per heavy atom. The van der Waals surface area contributed by atoms with Gasteiger partial charge in [-0.3, -0.25) is 4.99 Å². The lowest BCUT2D eigenvalue weighted by Crippen LogP contribution is -2.31. The molecule has 2 N–H and O–H groups in total. The molecule has 1 aromatic rings. The molecular formula is C15H19ClN2S. The predicted molar refractivity (Wildman–Crippen MR) is 84.2 cm³/mol. The Balaban J connectivity index is 1.67. The Hall–Kier alpha value is -0.510. The number of nitrogens with two attached hydrogens (primary N) is 1. The van der Waals surface area contributed by atoms with Crippen LogP contribution in [0, 0.1) is 5.92 Å². The molecule has 0 amide bonds. The predicted octanol–water partition coefficient (Wildman–Crippen LogP) is 3.52. The highest BCUT2D eigenvalue weighted by molar-refractivity contribution is 8.14. The van der Waals surface area contributed by atoms with Crippen molar-refractivity contribution in [3.8, 4) is 0 Å². The average molecular weight is 295 g/mol. The molecule has 2 nitrogen and oxygen atoms in total. The molecule has 1 aliphatic heterocycles. The molecular weight excluding hydrogens is 276 g/mol. The highest BCUT2D eigenvalue weighted by Crippen LogP contribution is 2.40. The largest absolute Gasteiger partial charge is 0.330 e. The minimum absolute atomic E-state index is 0.519. The Bertz CT molecular complexity index is 489. The van der Waals surface area contributed by atoms with Gasteiger partial charge in [0.05, 0.1) is 11.1 Å². The van der Waals surface area contributed by atoms with E-state index in [9.17, 15) is 0 Å². The van der Waals surface area contributed by atoms with Gasteiger partial charge < -0.3 is 5.73 Å². The maximum atomic E-state index is 6.22. The summed E-state index contributed by atoms with van der Waals surface area (Å²) in [5.41, 5.74) is 6.98. The van der Waals surface area contributed by atoms with Crippen LogP contribution in [-0.2, 0) is 6.42 Å². The second kappa shape index (κ2) is 5.86. The van der Waals surface area contributed by atoms with Gasteiger partial charge in [-0.25, -0.2) is 0 Å². The molecule has 1 aromatic carbocycles. The van der Waals surface area contributed by atoms with E-state index in [4.69, 9.17) is 22.3 Å². The third kappa shape index (κ3) is 2.99. The van der Waals surface area contributed by atoms with E-state index in [2.05, 4.69) is 6.07 Å². The fourth-order valence-corrected chi connectivity index (χ4v) is 4.68. The normalized spacial score (nSPS) is 30.0. The number of nitrogens with zero attached hydrogens (tertiary/aromatic N) is 1. The molecule has 1 fully saturated rings. The van der Waals surface area contributed by atoms with Crippen LogP contribution in [-0.4, -0.2) is 22.9 Å². The van der Waals surface area contributed by atoms with Gasteiger partial charge in [0.2, 0.25) is 0 Å². The molecule has 0 spiro atoms. The monoisotopic (exact) mass is 294 g/mol. The van der Waals surface area contributed by atoms with Crippen LogP contribution in [0.2, 0.25) is 5.02 Å². The number of fused-ring (bicyclic) bond motifs is 1. The molecule has 1 saturated carbocycles. The molecule has 2 aliphatic rings. The van der Waals surface area contributed by atoms with Crippen molar-refractivity contribution >= 4 is 28.4 Å². The van der Waals surface area contributed by atoms with Gasteiger partial charge in [0, 0.05) is 16.7 Å². The zero-order chi connectivity index (χ0) is 13.2. The molecule has 19 heavy (non-hydrogen) atoms. The minimum Gasteiger partial charge on any atom is -0.330 e. The summed E-state index contributed by atoms with van der Waals surface area (Å²) in [4.78, 5) is 4.90. The van der Waals surface area contributed by atoms with Crippen molar-refractivity contribution in [2.75, 3.05) is 6.54 Å². The van der Waals surface area contributed by atoms with Crippen LogP contribution in [0.3, 0.4) is 0 Å². The maximum Gasteiger partial charge on any atom is 0.0727 e. The Kier molecular flexibility index (Phi) is 4.15. The summed E-state index contributed by atoms with van der Waals surface area (Å²) in [6.45, 7) is 0.823. The van der Waals surface area contributed by atoms with Crippen molar-refractivity contribution < 1.29 is 0 Å². The summed E-state index contributed by atoms with van der Waals surface area (Å²) < 4.78 is 0. The van der Waals surface area contributed by atoms with Gasteiger partial charge in [-0.2, -0.15) is 0 Å². The van der Waals surface area contributed by atoms with Crippen molar-refractivity contribution in [2.24, 2.45) is 16.6 Å². The van der Waals surface area contributed by atoms with Crippen LogP contribution in [0.5, 0.6) is 0 Å². The number of hydrogen-bond acceptors (Lipinski definition) is 3. The van der Waals surface area contributed by atoms with Crippen molar-refractivity contribution in [2.45, 2.75) is 37.0 Å². The van der Waals surface area contributed by atoms with E-state index in [0.717, 1.165) is 18.0 Å². The topological polar surface area (TPSA) is 38.4 Å². The number of halogens is 1. The second-order valence-electron chi connectivity index (χ2n) is 5.43. The maximum absolute atomic E-state index is 6.22. The molecule has 0 saturated heterocycles. The van der Waals surface area contributed by atoms with Crippen LogP contribution in [0.25, 0.3) is 0 Å². The minimum atomic E-state index is 0.519. The van der Waals surface area contributed by atoms with E-state index in [1.807, 2.05) is 30.0 Å². The molecule has 0 aromatic heterocycles. The molecule has 0 radical (unpaired) electrons. The van der Waals surface area contributed by atoms with Crippen LogP contribution < -0.4 is 5.73 Å². The van der Waals surface area contributed by atoms with E-state index in [0.29, 0.717) is 17.2 Å². The van der Waals surface area contributed by atoms with Gasteiger partial charge in [0.1, 0.15) is 0 Å². The fraction of sp³-hybridized carbons (Fsp3) is 0.533. The Morgan fingerprint density at radius 1 is 1.32 bits per heavy atom. The van der Waals surface area contributed by atoms with Gasteiger partial charge in [0.25, 0.3) is 0 Å². The zero-order valence-electron chi connectivity index (χ0n) is 10.9. The summed E-state index contributed by atoms with van der Waals surface area (Å²) in [6, 6.07) is 8.58. The standard InChI is InChI=1S/C15H19ClN2S/c16-12-4-2-1-3-11(12)8-15-18-13-6-5-10(9-17)7-14(13)19-15/h1-4,10,13-14H,5-9,17H2. The Morgan fingerprint density at radius 3 is 2.95 bits per heavy atom. The average Bonchev–Trinajstić information content (AvgIpc) is 2.82. The first-order valence-electron chi connectivity index (χ1n) is 6.93. The van der Waals surface area contributed by atoms with Gasteiger partial charge in [0.15, 0.2) is 0 Å². The van der Waals surface area contributed by atoms with Crippen molar-refractivity contribution in [1.29, 1.82) is 0 Å². The molecule has 3 unspecified atom stereocenters. The SMILES string of the molecule is NCC1CCC2N=C(Cc3ccccc3Cl)SC2C1. The van der Waals surface area contributed by atoms with E-state index in [-0.39, 0.29) is 0 Å². The number of thioether (sulfide) groups is 1. The first kappa shape index (κ1) is 13.5. The molecule has 1 heterocycles. The van der Waals surface area contributed by atoms with E-state index >= 15 is 0 Å². The molecule has 4 heteroatoms. The summed E-state index contributed by atoms with van der Waals surface area (Å²) in [6.07, 6.45) is 4.54. The smallest absolute Gasteiger partial charge is 0.0727 e. The molecule has 3 rings (SSSR count). The number of rotatable bonds is 3. The quantitative estimate of drug-likeness (QED) is 0.926. The van der Waals surface area contributed by atoms with Gasteiger partial charge >= 0.3 is 0 Å². The van der Waals surface area contributed by atoms with Crippen LogP contribution in [0.15, 0.2) is 29.3 Å². The van der Waals surface area contributed by atoms with Crippen molar-refractivity contribution in [3.05, 3.63) is 34.9 Å². The molecule has 0 bridgehead atoms. The summed E-state index contributed by atoms with van der Waals surface area (Å²) in [7, 11) is 0. The number of hydrogen-bond donors (Lipinski definition) is 1. The van der Waals surface area contributed by atoms with Crippen LogP contribution in [0.1, 0.15) is 24.8 Å². The van der Waals surface area contributed by atoms with Gasteiger partial charge in [-0.1, -0.05) is 29.8 Å². The highest BCUT2D eigenvalue weighted by atomic mass is 35.5. The third-order valence-electron chi connectivity index (χ3n) is 4.10. The van der Waals surface area contributed by atoms with Crippen LogP contribution >= 0.6 is 23.4 Å². The third-order valence-corrected chi connectivity index (χ3v) is 5.80. The lowest BCUT2D eigenvalue weighted by molar-refractivity contribution is 0.347. The summed E-state index contributed by atoms with van der Waals surface area (Å²) in [5, 5.41) is 2.75. The molecule has 1 aliphatic carbocycles. The van der Waals surface area contributed by atoms with E-state index in [1.54, 1.807) is 0 Å². The Labute approximate surface area is 123 Å². The van der Waals surface area contributed by atoms with Crippen molar-refractivity contribution in [3.63, 3.8) is 0 Å². The summed E-state index contributed by atoms with van der Waals surface area (Å²) >= 11 is 8.17.